The molecule has 3 rings (SSSR count). The quantitative estimate of drug-likeness (QED) is 0.248. The van der Waals surface area contributed by atoms with Gasteiger partial charge < -0.3 is 5.32 Å². The minimum Gasteiger partial charge on any atom is -0.360 e. The molecule has 0 bridgehead atoms. The van der Waals surface area contributed by atoms with Gasteiger partial charge in [-0.2, -0.15) is 26.9 Å². The van der Waals surface area contributed by atoms with Crippen LogP contribution in [0.1, 0.15) is 17.8 Å². The number of hydrogen-bond acceptors (Lipinski definition) is 6. The predicted molar refractivity (Wildman–Crippen MR) is 94.9 cm³/mol. The van der Waals surface area contributed by atoms with Gasteiger partial charge in [0.25, 0.3) is 0 Å². The molecule has 158 valence electrons. The Bertz CT molecular complexity index is 1070. The van der Waals surface area contributed by atoms with Gasteiger partial charge >= 0.3 is 18.4 Å². The molecule has 0 aliphatic carbocycles. The van der Waals surface area contributed by atoms with Crippen LogP contribution in [0.15, 0.2) is 36.7 Å². The van der Waals surface area contributed by atoms with Crippen molar-refractivity contribution in [2.75, 3.05) is 5.32 Å². The van der Waals surface area contributed by atoms with Gasteiger partial charge in [-0.3, -0.25) is 14.7 Å². The number of nitro groups is 1. The molecular formula is C16H10ClF5N6O2. The van der Waals surface area contributed by atoms with Crippen LogP contribution in [-0.4, -0.2) is 24.4 Å². The maximum atomic E-state index is 13.1. The number of nitrogens with one attached hydrogen (secondary N) is 1. The van der Waals surface area contributed by atoms with Gasteiger partial charge in [0.2, 0.25) is 11.1 Å². The molecule has 0 amide bonds. The summed E-state index contributed by atoms with van der Waals surface area (Å²) in [4.78, 5) is 20.8. The average Bonchev–Trinajstić information content (AvgIpc) is 3.13. The molecule has 1 aromatic carbocycles. The van der Waals surface area contributed by atoms with Crippen LogP contribution in [0.3, 0.4) is 0 Å². The van der Waals surface area contributed by atoms with E-state index in [-0.39, 0.29) is 34.0 Å². The van der Waals surface area contributed by atoms with Crippen molar-refractivity contribution in [1.82, 2.24) is 19.5 Å². The van der Waals surface area contributed by atoms with Crippen LogP contribution in [0.2, 0.25) is 5.28 Å². The summed E-state index contributed by atoms with van der Waals surface area (Å²) in [6, 6.07) is 5.49. The molecule has 0 aliphatic heterocycles. The van der Waals surface area contributed by atoms with E-state index < -0.39 is 34.9 Å². The third-order valence-electron chi connectivity index (χ3n) is 3.84. The molecule has 0 saturated heterocycles. The summed E-state index contributed by atoms with van der Waals surface area (Å²) in [6.07, 6.45) is -3.69. The fraction of sp³-hybridized carbons (Fsp3) is 0.188. The summed E-state index contributed by atoms with van der Waals surface area (Å²) in [5.41, 5.74) is -1.27. The average molecular weight is 449 g/mol. The molecule has 2 heterocycles. The lowest BCUT2D eigenvalue weighted by Crippen LogP contribution is -2.06. The molecule has 0 fully saturated rings. The van der Waals surface area contributed by atoms with Crippen molar-refractivity contribution in [3.63, 3.8) is 0 Å². The zero-order valence-corrected chi connectivity index (χ0v) is 15.3. The first-order valence-electron chi connectivity index (χ1n) is 8.00. The second-order valence-electron chi connectivity index (χ2n) is 5.81. The zero-order valence-electron chi connectivity index (χ0n) is 14.6. The van der Waals surface area contributed by atoms with Gasteiger partial charge in [-0.05, 0) is 17.2 Å². The van der Waals surface area contributed by atoms with Gasteiger partial charge in [0, 0.05) is 18.3 Å². The Morgan fingerprint density at radius 2 is 1.87 bits per heavy atom. The van der Waals surface area contributed by atoms with Gasteiger partial charge in [0.1, 0.15) is 12.0 Å². The van der Waals surface area contributed by atoms with Gasteiger partial charge in [-0.15, -0.1) is 0 Å². The third-order valence-corrected chi connectivity index (χ3v) is 4.02. The highest BCUT2D eigenvalue weighted by Gasteiger charge is 2.36. The largest absolute Gasteiger partial charge is 0.434 e. The Morgan fingerprint density at radius 1 is 1.20 bits per heavy atom. The van der Waals surface area contributed by atoms with Crippen molar-refractivity contribution >= 4 is 23.1 Å². The van der Waals surface area contributed by atoms with Crippen LogP contribution < -0.4 is 5.32 Å². The zero-order chi connectivity index (χ0) is 22.1. The third kappa shape index (κ3) is 4.62. The van der Waals surface area contributed by atoms with Gasteiger partial charge in [-0.1, -0.05) is 24.3 Å². The Labute approximate surface area is 169 Å². The SMILES string of the molecule is O=[N+]([O-])c1cnc(Cl)nc1NCc1ccc(-c2nc(C(F)(F)F)cn2C(F)F)cc1. The van der Waals surface area contributed by atoms with Gasteiger partial charge in [0.15, 0.2) is 5.69 Å². The van der Waals surface area contributed by atoms with Crippen LogP contribution in [0.25, 0.3) is 11.4 Å². The molecule has 0 radical (unpaired) electrons. The summed E-state index contributed by atoms with van der Waals surface area (Å²) in [5.74, 6) is -0.679. The number of alkyl halides is 5. The standard InChI is InChI=1S/C16H10ClF5N6O2/c17-14-24-6-10(28(29)30)12(26-14)23-5-8-1-3-9(4-2-8)13-25-11(16(20,21)22)7-27(13)15(18)19/h1-4,6-7,15H,5H2,(H,23,24,26). The normalized spacial score (nSPS) is 11.7. The molecule has 30 heavy (non-hydrogen) atoms. The molecule has 2 aromatic heterocycles. The smallest absolute Gasteiger partial charge is 0.360 e. The van der Waals surface area contributed by atoms with E-state index in [9.17, 15) is 32.1 Å². The predicted octanol–water partition coefficient (Wildman–Crippen LogP) is 4.93. The maximum absolute atomic E-state index is 13.1. The van der Waals surface area contributed by atoms with Crippen molar-refractivity contribution in [3.05, 3.63) is 63.3 Å². The lowest BCUT2D eigenvalue weighted by atomic mass is 10.1. The summed E-state index contributed by atoms with van der Waals surface area (Å²) in [7, 11) is 0. The Balaban J connectivity index is 1.82. The van der Waals surface area contributed by atoms with Crippen LogP contribution in [0, 0.1) is 10.1 Å². The van der Waals surface area contributed by atoms with E-state index >= 15 is 0 Å². The Hall–Kier alpha value is -3.35. The molecule has 8 nitrogen and oxygen atoms in total. The number of benzene rings is 1. The lowest BCUT2D eigenvalue weighted by molar-refractivity contribution is -0.384. The number of anilines is 1. The minimum atomic E-state index is -4.87. The van der Waals surface area contributed by atoms with Crippen molar-refractivity contribution in [2.24, 2.45) is 0 Å². The summed E-state index contributed by atoms with van der Waals surface area (Å²) in [6.45, 7) is -3.18. The van der Waals surface area contributed by atoms with E-state index in [1.54, 1.807) is 0 Å². The molecule has 1 N–H and O–H groups in total. The monoisotopic (exact) mass is 448 g/mol. The Kier molecular flexibility index (Phi) is 5.82. The minimum absolute atomic E-state index is 0.0330. The molecular weight excluding hydrogens is 439 g/mol. The van der Waals surface area contributed by atoms with Crippen molar-refractivity contribution in [1.29, 1.82) is 0 Å². The van der Waals surface area contributed by atoms with E-state index in [0.717, 1.165) is 6.20 Å². The van der Waals surface area contributed by atoms with Crippen LogP contribution >= 0.6 is 11.6 Å². The number of imidazole rings is 1. The number of halogens is 6. The Morgan fingerprint density at radius 3 is 2.43 bits per heavy atom. The van der Waals surface area contributed by atoms with Crippen molar-refractivity contribution < 1.29 is 26.9 Å². The van der Waals surface area contributed by atoms with Gasteiger partial charge in [0.05, 0.1) is 4.92 Å². The van der Waals surface area contributed by atoms with E-state index in [1.807, 2.05) is 0 Å². The summed E-state index contributed by atoms with van der Waals surface area (Å²) in [5, 5.41) is 13.5. The molecule has 0 saturated carbocycles. The lowest BCUT2D eigenvalue weighted by Gasteiger charge is -2.09. The van der Waals surface area contributed by atoms with Gasteiger partial charge in [-0.25, -0.2) is 9.97 Å². The summed E-state index contributed by atoms with van der Waals surface area (Å²) < 4.78 is 64.8. The highest BCUT2D eigenvalue weighted by molar-refractivity contribution is 6.28. The van der Waals surface area contributed by atoms with E-state index in [2.05, 4.69) is 20.3 Å². The maximum Gasteiger partial charge on any atom is 0.434 e. The van der Waals surface area contributed by atoms with Crippen LogP contribution in [-0.2, 0) is 12.7 Å². The van der Waals surface area contributed by atoms with E-state index in [1.165, 1.54) is 24.3 Å². The number of hydrogen-bond donors (Lipinski definition) is 1. The van der Waals surface area contributed by atoms with E-state index in [4.69, 9.17) is 11.6 Å². The second kappa shape index (κ2) is 8.18. The van der Waals surface area contributed by atoms with Crippen molar-refractivity contribution in [2.45, 2.75) is 19.3 Å². The first kappa shape index (κ1) is 21.4. The van der Waals surface area contributed by atoms with Crippen LogP contribution in [0.4, 0.5) is 33.5 Å². The molecule has 0 atom stereocenters. The fourth-order valence-corrected chi connectivity index (χ4v) is 2.60. The first-order chi connectivity index (χ1) is 14.1. The molecule has 0 unspecified atom stereocenters. The topological polar surface area (TPSA) is 98.8 Å². The number of aromatic nitrogens is 4. The summed E-state index contributed by atoms with van der Waals surface area (Å²) >= 11 is 5.63. The number of rotatable bonds is 6. The van der Waals surface area contributed by atoms with Crippen LogP contribution in [0.5, 0.6) is 0 Å². The molecule has 14 heteroatoms. The van der Waals surface area contributed by atoms with Crippen molar-refractivity contribution in [3.8, 4) is 11.4 Å². The molecule has 3 aromatic rings. The molecule has 0 spiro atoms. The van der Waals surface area contributed by atoms with E-state index in [0.29, 0.717) is 5.56 Å². The highest BCUT2D eigenvalue weighted by atomic mass is 35.5. The second-order valence-corrected chi connectivity index (χ2v) is 6.15. The number of nitrogens with zero attached hydrogens (tertiary/aromatic N) is 5. The first-order valence-corrected chi connectivity index (χ1v) is 8.38. The fourth-order valence-electron chi connectivity index (χ4n) is 2.47. The highest BCUT2D eigenvalue weighted by Crippen LogP contribution is 2.33. The molecule has 0 aliphatic rings.